The Morgan fingerprint density at radius 1 is 1.15 bits per heavy atom. The zero-order valence-electron chi connectivity index (χ0n) is 14.5. The molecule has 1 fully saturated rings. The molecule has 0 atom stereocenters. The van der Waals surface area contributed by atoms with Crippen molar-refractivity contribution in [2.75, 3.05) is 6.54 Å². The molecule has 0 radical (unpaired) electrons. The largest absolute Gasteiger partial charge is 0.488 e. The van der Waals surface area contributed by atoms with E-state index < -0.39 is 23.7 Å². The highest BCUT2D eigenvalue weighted by Crippen LogP contribution is 2.33. The third-order valence-electron chi connectivity index (χ3n) is 3.89. The maximum Gasteiger partial charge on any atom is 0.323 e. The number of carboxylic acid groups (broad SMARTS) is 1. The number of aryl methyl sites for hydroxylation is 1. The summed E-state index contributed by atoms with van der Waals surface area (Å²) in [6, 6.07) is 15.1. The molecule has 0 aromatic heterocycles. The van der Waals surface area contributed by atoms with Gasteiger partial charge in [0.25, 0.3) is 11.1 Å². The highest BCUT2D eigenvalue weighted by atomic mass is 32.2. The van der Waals surface area contributed by atoms with Gasteiger partial charge in [-0.25, -0.2) is 0 Å². The Morgan fingerprint density at radius 2 is 1.85 bits per heavy atom. The summed E-state index contributed by atoms with van der Waals surface area (Å²) in [5.41, 5.74) is 2.82. The summed E-state index contributed by atoms with van der Waals surface area (Å²) in [5.74, 6) is -1.27. The van der Waals surface area contributed by atoms with E-state index in [1.807, 2.05) is 37.3 Å². The topological polar surface area (TPSA) is 83.9 Å². The van der Waals surface area contributed by atoms with E-state index in [-0.39, 0.29) is 4.91 Å². The van der Waals surface area contributed by atoms with Crippen LogP contribution in [-0.4, -0.2) is 33.7 Å². The van der Waals surface area contributed by atoms with Crippen molar-refractivity contribution in [3.63, 3.8) is 0 Å². The maximum absolute atomic E-state index is 12.3. The van der Waals surface area contributed by atoms with Crippen LogP contribution in [0.4, 0.5) is 4.79 Å². The first-order chi connectivity index (χ1) is 12.9. The minimum atomic E-state index is -1.24. The van der Waals surface area contributed by atoms with Gasteiger partial charge < -0.3 is 9.84 Å². The van der Waals surface area contributed by atoms with E-state index >= 15 is 0 Å². The van der Waals surface area contributed by atoms with Crippen LogP contribution in [0.3, 0.4) is 0 Å². The average molecular weight is 383 g/mol. The first-order valence-corrected chi connectivity index (χ1v) is 9.00. The number of amides is 2. The molecule has 2 aromatic carbocycles. The van der Waals surface area contributed by atoms with Crippen molar-refractivity contribution in [1.29, 1.82) is 0 Å². The lowest BCUT2D eigenvalue weighted by Gasteiger charge is -2.10. The number of nitrogens with zero attached hydrogens (tertiary/aromatic N) is 1. The van der Waals surface area contributed by atoms with Gasteiger partial charge in [-0.3, -0.25) is 19.3 Å². The first-order valence-electron chi connectivity index (χ1n) is 8.18. The molecule has 0 unspecified atom stereocenters. The molecule has 1 aliphatic rings. The standard InChI is InChI=1S/C20H17NO5S/c1-13-6-8-14(9-7-13)12-26-16-5-3-2-4-15(16)10-17-19(24)21(11-18(22)23)20(25)27-17/h2-10H,11-12H2,1H3,(H,22,23)/b17-10+. The number of carboxylic acids is 1. The second kappa shape index (κ2) is 8.09. The monoisotopic (exact) mass is 383 g/mol. The van der Waals surface area contributed by atoms with Crippen molar-refractivity contribution >= 4 is 35.0 Å². The minimum absolute atomic E-state index is 0.174. The summed E-state index contributed by atoms with van der Waals surface area (Å²) in [7, 11) is 0. The van der Waals surface area contributed by atoms with Crippen LogP contribution in [-0.2, 0) is 16.2 Å². The lowest BCUT2D eigenvalue weighted by atomic mass is 10.1. The molecule has 0 bridgehead atoms. The molecule has 1 heterocycles. The number of carbonyl (C=O) groups excluding carboxylic acids is 2. The van der Waals surface area contributed by atoms with Gasteiger partial charge in [0.15, 0.2) is 0 Å². The second-order valence-corrected chi connectivity index (χ2v) is 6.97. The van der Waals surface area contributed by atoms with E-state index in [2.05, 4.69) is 0 Å². The number of carbonyl (C=O) groups is 3. The van der Waals surface area contributed by atoms with Crippen molar-refractivity contribution in [3.8, 4) is 5.75 Å². The van der Waals surface area contributed by atoms with Gasteiger partial charge in [-0.05, 0) is 36.4 Å². The molecule has 2 aromatic rings. The zero-order valence-corrected chi connectivity index (χ0v) is 15.4. The Balaban J connectivity index is 1.78. The number of para-hydroxylation sites is 1. The molecule has 6 nitrogen and oxygen atoms in total. The third kappa shape index (κ3) is 4.57. The van der Waals surface area contributed by atoms with E-state index in [1.54, 1.807) is 24.3 Å². The summed E-state index contributed by atoms with van der Waals surface area (Å²) in [6.45, 7) is 1.73. The number of hydrogen-bond donors (Lipinski definition) is 1. The molecule has 0 aliphatic carbocycles. The van der Waals surface area contributed by atoms with Gasteiger partial charge in [0.2, 0.25) is 0 Å². The van der Waals surface area contributed by atoms with Gasteiger partial charge in [-0.1, -0.05) is 48.0 Å². The van der Waals surface area contributed by atoms with Crippen LogP contribution in [0.15, 0.2) is 53.4 Å². The molecule has 7 heteroatoms. The Labute approximate surface area is 160 Å². The Morgan fingerprint density at radius 3 is 2.56 bits per heavy atom. The highest BCUT2D eigenvalue weighted by Gasteiger charge is 2.36. The Hall–Kier alpha value is -3.06. The van der Waals surface area contributed by atoms with Crippen molar-refractivity contribution < 1.29 is 24.2 Å². The molecule has 138 valence electrons. The SMILES string of the molecule is Cc1ccc(COc2ccccc2/C=C2/SC(=O)N(CC(=O)O)C2=O)cc1. The molecule has 0 saturated carbocycles. The van der Waals surface area contributed by atoms with Crippen molar-refractivity contribution in [2.24, 2.45) is 0 Å². The zero-order chi connectivity index (χ0) is 19.4. The van der Waals surface area contributed by atoms with Gasteiger partial charge in [-0.15, -0.1) is 0 Å². The summed E-state index contributed by atoms with van der Waals surface area (Å²) >= 11 is 0.723. The van der Waals surface area contributed by atoms with Gasteiger partial charge in [0.05, 0.1) is 4.91 Å². The number of rotatable bonds is 6. The van der Waals surface area contributed by atoms with Crippen LogP contribution < -0.4 is 4.74 Å². The van der Waals surface area contributed by atoms with Crippen LogP contribution >= 0.6 is 11.8 Å². The summed E-state index contributed by atoms with van der Waals surface area (Å²) in [5, 5.41) is 8.24. The van der Waals surface area contributed by atoms with Crippen LogP contribution in [0.2, 0.25) is 0 Å². The van der Waals surface area contributed by atoms with E-state index in [0.717, 1.165) is 22.9 Å². The molecule has 27 heavy (non-hydrogen) atoms. The lowest BCUT2D eigenvalue weighted by molar-refractivity contribution is -0.140. The number of imide groups is 1. The second-order valence-electron chi connectivity index (χ2n) is 5.97. The predicted octanol–water partition coefficient (Wildman–Crippen LogP) is 3.69. The van der Waals surface area contributed by atoms with Crippen LogP contribution in [0.5, 0.6) is 5.75 Å². The highest BCUT2D eigenvalue weighted by molar-refractivity contribution is 8.18. The predicted molar refractivity (Wildman–Crippen MR) is 102 cm³/mol. The van der Waals surface area contributed by atoms with E-state index in [4.69, 9.17) is 9.84 Å². The maximum atomic E-state index is 12.3. The first kappa shape index (κ1) is 18.7. The number of thioether (sulfide) groups is 1. The summed E-state index contributed by atoms with van der Waals surface area (Å²) in [6.07, 6.45) is 1.55. The fourth-order valence-electron chi connectivity index (χ4n) is 2.49. The van der Waals surface area contributed by atoms with Gasteiger partial charge in [-0.2, -0.15) is 0 Å². The quantitative estimate of drug-likeness (QED) is 0.766. The van der Waals surface area contributed by atoms with Crippen LogP contribution in [0, 0.1) is 6.92 Å². The number of ether oxygens (including phenoxy) is 1. The van der Waals surface area contributed by atoms with Gasteiger partial charge >= 0.3 is 5.97 Å². The minimum Gasteiger partial charge on any atom is -0.488 e. The molecular formula is C20H17NO5S. The molecular weight excluding hydrogens is 366 g/mol. The summed E-state index contributed by atoms with van der Waals surface area (Å²) < 4.78 is 5.87. The van der Waals surface area contributed by atoms with Gasteiger partial charge in [0, 0.05) is 5.56 Å². The normalized spacial score (nSPS) is 15.4. The average Bonchev–Trinajstić information content (AvgIpc) is 2.89. The molecule has 2 amide bonds. The van der Waals surface area contributed by atoms with E-state index in [1.165, 1.54) is 0 Å². The smallest absolute Gasteiger partial charge is 0.323 e. The summed E-state index contributed by atoms with van der Waals surface area (Å²) in [4.78, 5) is 35.9. The number of hydrogen-bond acceptors (Lipinski definition) is 5. The van der Waals surface area contributed by atoms with E-state index in [9.17, 15) is 14.4 Å². The Bertz CT molecular complexity index is 920. The molecule has 0 spiro atoms. The number of aliphatic carboxylic acids is 1. The molecule has 1 N–H and O–H groups in total. The Kier molecular flexibility index (Phi) is 5.61. The van der Waals surface area contributed by atoms with Crippen LogP contribution in [0.25, 0.3) is 6.08 Å². The van der Waals surface area contributed by atoms with Crippen molar-refractivity contribution in [2.45, 2.75) is 13.5 Å². The lowest BCUT2D eigenvalue weighted by Crippen LogP contribution is -2.33. The van der Waals surface area contributed by atoms with Gasteiger partial charge in [0.1, 0.15) is 18.9 Å². The fraction of sp³-hybridized carbons (Fsp3) is 0.150. The van der Waals surface area contributed by atoms with Crippen molar-refractivity contribution in [3.05, 3.63) is 70.1 Å². The van der Waals surface area contributed by atoms with Crippen molar-refractivity contribution in [1.82, 2.24) is 4.90 Å². The number of benzene rings is 2. The van der Waals surface area contributed by atoms with E-state index in [0.29, 0.717) is 22.8 Å². The molecule has 1 saturated heterocycles. The molecule has 1 aliphatic heterocycles. The molecule has 3 rings (SSSR count). The fourth-order valence-corrected chi connectivity index (χ4v) is 3.32. The van der Waals surface area contributed by atoms with Crippen LogP contribution in [0.1, 0.15) is 16.7 Å². The third-order valence-corrected chi connectivity index (χ3v) is 4.79.